The number of aliphatic carboxylic acids is 1. The Bertz CT molecular complexity index is 1900. The van der Waals surface area contributed by atoms with Crippen LogP contribution < -0.4 is 0 Å². The molecule has 0 aromatic rings. The predicted octanol–water partition coefficient (Wildman–Crippen LogP) is -0.795. The molecule has 7 fully saturated rings. The first-order chi connectivity index (χ1) is 31.8. The minimum absolute atomic E-state index is 0.0197. The molecule has 68 heavy (non-hydrogen) atoms. The first-order valence-electron chi connectivity index (χ1n) is 24.5. The summed E-state index contributed by atoms with van der Waals surface area (Å²) >= 11 is 0. The van der Waals surface area contributed by atoms with Gasteiger partial charge in [0.25, 0.3) is 0 Å². The Kier molecular flexibility index (Phi) is 14.3. The lowest BCUT2D eigenvalue weighted by Crippen LogP contribution is -2.67. The standard InChI is InChI=1S/C48H76O20/c1-43(2)13-15-48(42(62)68-40-37(59)34(56)31(53)25(66-40)20-63-38-35(57)32(54)29(51)23(18-49)64-38)16-14-45(4)21(22(48)17-43)7-8-26-44(3)11-10-28(47(6,41(60)61)27(44)9-12-46(26,45)5)67-39-36(58)33(55)30(52)24(19-50)65-39/h7,22-40,49-59H,8-20H2,1-6H3,(H,60,61)/t22-,23+,24+,25+,26+,27+,28-,29+,30+,31+,32-,33-,34-,35+,36+,37+,38+,39-,40-,44+,45+,46+,47-,48-/m0/s1. The Labute approximate surface area is 396 Å². The number of carbonyl (C=O) groups is 2. The molecule has 3 aliphatic heterocycles. The molecule has 8 aliphatic rings. The second kappa shape index (κ2) is 18.5. The summed E-state index contributed by atoms with van der Waals surface area (Å²) in [5, 5.41) is 126. The van der Waals surface area contributed by atoms with E-state index in [1.54, 1.807) is 6.92 Å². The maximum absolute atomic E-state index is 15.0. The number of aliphatic hydroxyl groups excluding tert-OH is 11. The van der Waals surface area contributed by atoms with Gasteiger partial charge in [0.2, 0.25) is 6.29 Å². The van der Waals surface area contributed by atoms with Crippen LogP contribution in [0.5, 0.6) is 0 Å². The van der Waals surface area contributed by atoms with Gasteiger partial charge in [-0.3, -0.25) is 9.59 Å². The molecule has 0 aromatic heterocycles. The van der Waals surface area contributed by atoms with E-state index in [9.17, 15) is 70.9 Å². The van der Waals surface area contributed by atoms with Gasteiger partial charge in [-0.25, -0.2) is 0 Å². The maximum Gasteiger partial charge on any atom is 0.315 e. The summed E-state index contributed by atoms with van der Waals surface area (Å²) in [6, 6.07) is 0. The van der Waals surface area contributed by atoms with Gasteiger partial charge in [-0.1, -0.05) is 46.3 Å². The summed E-state index contributed by atoms with van der Waals surface area (Å²) < 4.78 is 35.0. The fourth-order valence-corrected chi connectivity index (χ4v) is 14.9. The molecular weight excluding hydrogens is 897 g/mol. The van der Waals surface area contributed by atoms with E-state index in [0.29, 0.717) is 64.2 Å². The number of hydrogen-bond donors (Lipinski definition) is 12. The van der Waals surface area contributed by atoms with Gasteiger partial charge in [-0.2, -0.15) is 0 Å². The molecule has 0 bridgehead atoms. The smallest absolute Gasteiger partial charge is 0.315 e. The number of ether oxygens (including phenoxy) is 6. The molecule has 0 radical (unpaired) electrons. The van der Waals surface area contributed by atoms with Crippen LogP contribution in [-0.2, 0) is 38.0 Å². The van der Waals surface area contributed by atoms with Crippen molar-refractivity contribution in [3.05, 3.63) is 11.6 Å². The van der Waals surface area contributed by atoms with Crippen LogP contribution in [-0.4, -0.2) is 191 Å². The molecule has 4 saturated carbocycles. The van der Waals surface area contributed by atoms with Crippen LogP contribution in [0.25, 0.3) is 0 Å². The predicted molar refractivity (Wildman–Crippen MR) is 232 cm³/mol. The molecule has 0 amide bonds. The number of allylic oxidation sites excluding steroid dienone is 2. The van der Waals surface area contributed by atoms with Gasteiger partial charge >= 0.3 is 11.9 Å². The van der Waals surface area contributed by atoms with E-state index in [4.69, 9.17) is 28.4 Å². The van der Waals surface area contributed by atoms with E-state index >= 15 is 0 Å². The number of carboxylic acid groups (broad SMARTS) is 1. The average molecular weight is 973 g/mol. The lowest BCUT2D eigenvalue weighted by atomic mass is 9.33. The highest BCUT2D eigenvalue weighted by Gasteiger charge is 2.72. The number of fused-ring (bicyclic) bond motifs is 7. The molecule has 3 saturated heterocycles. The van der Waals surface area contributed by atoms with Crippen LogP contribution in [0.4, 0.5) is 0 Å². The number of hydrogen-bond acceptors (Lipinski definition) is 19. The lowest BCUT2D eigenvalue weighted by molar-refractivity contribution is -0.329. The van der Waals surface area contributed by atoms with Crippen LogP contribution in [0.15, 0.2) is 11.6 Å². The van der Waals surface area contributed by atoms with E-state index in [-0.39, 0.29) is 28.6 Å². The summed E-state index contributed by atoms with van der Waals surface area (Å²) in [5.74, 6) is -2.31. The van der Waals surface area contributed by atoms with Crippen molar-refractivity contribution in [3.63, 3.8) is 0 Å². The van der Waals surface area contributed by atoms with Crippen molar-refractivity contribution in [2.24, 2.45) is 50.2 Å². The van der Waals surface area contributed by atoms with Gasteiger partial charge in [0.05, 0.1) is 36.8 Å². The van der Waals surface area contributed by atoms with E-state index in [1.165, 1.54) is 0 Å². The van der Waals surface area contributed by atoms with Crippen LogP contribution >= 0.6 is 0 Å². The van der Waals surface area contributed by atoms with E-state index < -0.39 is 152 Å². The highest BCUT2D eigenvalue weighted by molar-refractivity contribution is 5.79. The summed E-state index contributed by atoms with van der Waals surface area (Å²) in [6.07, 6.45) is -17.2. The average Bonchev–Trinajstić information content (AvgIpc) is 3.29. The molecule has 5 aliphatic carbocycles. The summed E-state index contributed by atoms with van der Waals surface area (Å²) in [7, 11) is 0. The van der Waals surface area contributed by atoms with Crippen molar-refractivity contribution in [1.29, 1.82) is 0 Å². The van der Waals surface area contributed by atoms with E-state index in [0.717, 1.165) is 5.57 Å². The van der Waals surface area contributed by atoms with E-state index in [2.05, 4.69) is 40.7 Å². The SMILES string of the molecule is CC1(C)CC[C@]2(C(=O)O[C@@H]3O[C@H](CO[C@@H]4O[C@H](CO)[C@@H](O)[C@H](O)[C@H]4O)[C@@H](O)[C@H](O)[C@H]3O)CC[C@]3(C)C(=CC[C@@H]4[C@@]5(C)CC[C@H](O[C@@H]6O[C@H](CO)[C@@H](O)[C@H](O)[C@H]6O)[C@@](C)(C(=O)O)[C@@H]5CC[C@]43C)[C@@H]2C1. The van der Waals surface area contributed by atoms with Crippen LogP contribution in [0.2, 0.25) is 0 Å². The quantitative estimate of drug-likeness (QED) is 0.0725. The van der Waals surface area contributed by atoms with Crippen LogP contribution in [0.1, 0.15) is 106 Å². The zero-order chi connectivity index (χ0) is 49.8. The minimum atomic E-state index is -1.85. The highest BCUT2D eigenvalue weighted by atomic mass is 16.7. The van der Waals surface area contributed by atoms with Crippen molar-refractivity contribution in [2.75, 3.05) is 19.8 Å². The van der Waals surface area contributed by atoms with Crippen molar-refractivity contribution in [3.8, 4) is 0 Å². The molecule has 0 aromatic carbocycles. The number of carbonyl (C=O) groups excluding carboxylic acids is 1. The number of esters is 1. The maximum atomic E-state index is 15.0. The number of rotatable bonds is 10. The molecule has 24 atom stereocenters. The second-order valence-electron chi connectivity index (χ2n) is 23.3. The molecule has 20 nitrogen and oxygen atoms in total. The zero-order valence-electron chi connectivity index (χ0n) is 39.9. The van der Waals surface area contributed by atoms with Gasteiger partial charge in [0.1, 0.15) is 73.2 Å². The third kappa shape index (κ3) is 8.03. The van der Waals surface area contributed by atoms with Crippen LogP contribution in [0.3, 0.4) is 0 Å². The largest absolute Gasteiger partial charge is 0.481 e. The molecule has 20 heteroatoms. The molecule has 0 spiro atoms. The monoisotopic (exact) mass is 972 g/mol. The Morgan fingerprint density at radius 1 is 0.632 bits per heavy atom. The lowest BCUT2D eigenvalue weighted by Gasteiger charge is -2.71. The fraction of sp³-hybridized carbons (Fsp3) is 0.917. The molecular formula is C48H76O20. The van der Waals surface area contributed by atoms with Crippen molar-refractivity contribution in [1.82, 2.24) is 0 Å². The number of aliphatic hydroxyl groups is 11. The Morgan fingerprint density at radius 2 is 1.18 bits per heavy atom. The molecule has 8 rings (SSSR count). The first-order valence-corrected chi connectivity index (χ1v) is 24.5. The van der Waals surface area contributed by atoms with Gasteiger partial charge in [0, 0.05) is 0 Å². The molecule has 12 N–H and O–H groups in total. The summed E-state index contributed by atoms with van der Waals surface area (Å²) in [5.41, 5.74) is -2.77. The van der Waals surface area contributed by atoms with Crippen LogP contribution in [0, 0.1) is 50.2 Å². The van der Waals surface area contributed by atoms with Gasteiger partial charge < -0.3 is 89.7 Å². The summed E-state index contributed by atoms with van der Waals surface area (Å²) in [4.78, 5) is 28.6. The third-order valence-electron chi connectivity index (χ3n) is 19.4. The molecule has 3 heterocycles. The second-order valence-corrected chi connectivity index (χ2v) is 23.3. The van der Waals surface area contributed by atoms with E-state index in [1.807, 2.05) is 0 Å². The van der Waals surface area contributed by atoms with Crippen molar-refractivity contribution < 1.29 is 99.3 Å². The zero-order valence-corrected chi connectivity index (χ0v) is 39.9. The summed E-state index contributed by atoms with van der Waals surface area (Å²) in [6.45, 7) is 10.9. The fourth-order valence-electron chi connectivity index (χ4n) is 14.9. The topological polar surface area (TPSA) is 332 Å². The Hall–Kier alpha value is -1.96. The van der Waals surface area contributed by atoms with Crippen molar-refractivity contribution >= 4 is 11.9 Å². The number of carboxylic acids is 1. The molecule has 388 valence electrons. The van der Waals surface area contributed by atoms with Gasteiger partial charge in [-0.05, 0) is 111 Å². The first kappa shape index (κ1) is 52.4. The highest BCUT2D eigenvalue weighted by Crippen LogP contribution is 2.76. The van der Waals surface area contributed by atoms with Crippen molar-refractivity contribution in [2.45, 2.75) is 204 Å². The third-order valence-corrected chi connectivity index (χ3v) is 19.4. The van der Waals surface area contributed by atoms with Gasteiger partial charge in [-0.15, -0.1) is 0 Å². The minimum Gasteiger partial charge on any atom is -0.481 e. The van der Waals surface area contributed by atoms with Gasteiger partial charge in [0.15, 0.2) is 12.6 Å². The normalized spacial score (nSPS) is 53.4. The Morgan fingerprint density at radius 3 is 1.78 bits per heavy atom. The molecule has 0 unspecified atom stereocenters. The Balaban J connectivity index is 1.03.